The van der Waals surface area contributed by atoms with Crippen LogP contribution in [0.2, 0.25) is 0 Å². The van der Waals surface area contributed by atoms with Gasteiger partial charge in [0, 0.05) is 0 Å². The van der Waals surface area contributed by atoms with E-state index in [0.717, 1.165) is 11.1 Å². The van der Waals surface area contributed by atoms with E-state index in [0.29, 0.717) is 0 Å². The lowest BCUT2D eigenvalue weighted by atomic mass is 9.83. The normalized spacial score (nSPS) is 11.9. The van der Waals surface area contributed by atoms with Gasteiger partial charge in [-0.05, 0) is 116 Å². The molecule has 0 spiro atoms. The van der Waals surface area contributed by atoms with Crippen molar-refractivity contribution in [3.05, 3.63) is 139 Å². The molecule has 2 heteroatoms. The molecule has 0 N–H and O–H groups in total. The van der Waals surface area contributed by atoms with Crippen molar-refractivity contribution in [1.29, 1.82) is 10.5 Å². The molecule has 0 saturated heterocycles. The molecular formula is C44H22N2. The second-order valence-electron chi connectivity index (χ2n) is 12.2. The summed E-state index contributed by atoms with van der Waals surface area (Å²) in [4.78, 5) is 0. The van der Waals surface area contributed by atoms with Gasteiger partial charge in [0.25, 0.3) is 0 Å². The number of benzene rings is 9. The van der Waals surface area contributed by atoms with E-state index < -0.39 is 0 Å². The van der Waals surface area contributed by atoms with Crippen LogP contribution in [-0.4, -0.2) is 0 Å². The van der Waals surface area contributed by atoms with E-state index in [1.54, 1.807) is 6.08 Å². The molecule has 46 heavy (non-hydrogen) atoms. The summed E-state index contributed by atoms with van der Waals surface area (Å²) in [5.74, 6) is 0. The smallest absolute Gasteiger partial charge is 0.130 e. The summed E-state index contributed by atoms with van der Waals surface area (Å²) in [6, 6.07) is 50.4. The minimum absolute atomic E-state index is 0.100. The predicted molar refractivity (Wildman–Crippen MR) is 192 cm³/mol. The third-order valence-corrected chi connectivity index (χ3v) is 10.00. The summed E-state index contributed by atoms with van der Waals surface area (Å²) in [5.41, 5.74) is 8.19. The molecule has 0 saturated carbocycles. The highest BCUT2D eigenvalue weighted by Crippen LogP contribution is 2.55. The molecule has 0 radical (unpaired) electrons. The van der Waals surface area contributed by atoms with Crippen molar-refractivity contribution in [1.82, 2.24) is 0 Å². The van der Waals surface area contributed by atoms with Gasteiger partial charge in [-0.1, -0.05) is 121 Å². The third-order valence-electron chi connectivity index (χ3n) is 10.00. The van der Waals surface area contributed by atoms with Crippen molar-refractivity contribution in [2.45, 2.75) is 0 Å². The quantitative estimate of drug-likeness (QED) is 0.116. The lowest BCUT2D eigenvalue weighted by Gasteiger charge is -2.19. The standard InChI is InChI=1S/C44H22N2/c45-23-26(24-46)21-25-17-18-37-39(22-25)34-15-6-16-38-42(30-9-1-2-10-33(30)43(37)44(34)38)36-20-19-35-29-12-4-8-27-7-3-11-28(40(27)29)31-13-5-14-32(36)41(31)35/h1-22H. The highest BCUT2D eigenvalue weighted by atomic mass is 14.3. The van der Waals surface area contributed by atoms with E-state index in [9.17, 15) is 10.5 Å². The number of fused-ring (bicyclic) bond motifs is 7. The lowest BCUT2D eigenvalue weighted by molar-refractivity contribution is 1.47. The van der Waals surface area contributed by atoms with E-state index in [4.69, 9.17) is 0 Å². The Kier molecular flexibility index (Phi) is 4.89. The van der Waals surface area contributed by atoms with Gasteiger partial charge in [0.1, 0.15) is 17.7 Å². The van der Waals surface area contributed by atoms with Gasteiger partial charge in [-0.15, -0.1) is 0 Å². The van der Waals surface area contributed by atoms with Gasteiger partial charge in [0.15, 0.2) is 0 Å². The van der Waals surface area contributed by atoms with Gasteiger partial charge in [-0.2, -0.15) is 10.5 Å². The molecule has 0 aliphatic heterocycles. The zero-order chi connectivity index (χ0) is 30.5. The summed E-state index contributed by atoms with van der Waals surface area (Å²) in [6.45, 7) is 0. The molecule has 0 aromatic heterocycles. The van der Waals surface area contributed by atoms with Crippen LogP contribution in [0.4, 0.5) is 0 Å². The first-order valence-corrected chi connectivity index (χ1v) is 15.5. The maximum atomic E-state index is 9.38. The first kappa shape index (κ1) is 24.9. The highest BCUT2D eigenvalue weighted by Gasteiger charge is 2.27. The summed E-state index contributed by atoms with van der Waals surface area (Å²) in [6.07, 6.45) is 1.67. The molecule has 1 aliphatic rings. The van der Waals surface area contributed by atoms with Gasteiger partial charge in [0.2, 0.25) is 0 Å². The van der Waals surface area contributed by atoms with Crippen molar-refractivity contribution >= 4 is 70.7 Å². The molecule has 0 fully saturated rings. The van der Waals surface area contributed by atoms with E-state index in [2.05, 4.69) is 121 Å². The van der Waals surface area contributed by atoms with E-state index in [1.807, 2.05) is 18.2 Å². The fourth-order valence-electron chi connectivity index (χ4n) is 8.24. The molecule has 10 rings (SSSR count). The number of nitrogens with zero attached hydrogens (tertiary/aromatic N) is 2. The van der Waals surface area contributed by atoms with E-state index in [-0.39, 0.29) is 5.57 Å². The first-order valence-electron chi connectivity index (χ1n) is 15.5. The third kappa shape index (κ3) is 3.13. The summed E-state index contributed by atoms with van der Waals surface area (Å²) in [7, 11) is 0. The zero-order valence-electron chi connectivity index (χ0n) is 24.6. The molecule has 0 amide bonds. The van der Waals surface area contributed by atoms with E-state index >= 15 is 0 Å². The number of allylic oxidation sites excluding steroid dienone is 1. The Morgan fingerprint density at radius 3 is 1.76 bits per heavy atom. The fraction of sp³-hybridized carbons (Fsp3) is 0. The van der Waals surface area contributed by atoms with Gasteiger partial charge in [-0.3, -0.25) is 0 Å². The van der Waals surface area contributed by atoms with Gasteiger partial charge in [-0.25, -0.2) is 0 Å². The molecule has 0 unspecified atom stereocenters. The van der Waals surface area contributed by atoms with E-state index in [1.165, 1.54) is 92.5 Å². The fourth-order valence-corrected chi connectivity index (χ4v) is 8.24. The van der Waals surface area contributed by atoms with Crippen molar-refractivity contribution in [2.75, 3.05) is 0 Å². The minimum Gasteiger partial charge on any atom is -0.192 e. The van der Waals surface area contributed by atoms with Gasteiger partial charge >= 0.3 is 0 Å². The van der Waals surface area contributed by atoms with Crippen LogP contribution in [0.5, 0.6) is 0 Å². The second kappa shape index (κ2) is 9.02. The zero-order valence-corrected chi connectivity index (χ0v) is 24.6. The topological polar surface area (TPSA) is 47.6 Å². The minimum atomic E-state index is 0.100. The van der Waals surface area contributed by atoms with Gasteiger partial charge < -0.3 is 0 Å². The SMILES string of the molecule is N#CC(C#N)=Cc1ccc2c(c1)-c1cccc3c(-c4ccc5c6cccc7cccc(c8cccc4c85)c76)c4ccccc4c-2c13. The number of hydrogen-bond acceptors (Lipinski definition) is 2. The van der Waals surface area contributed by atoms with Crippen LogP contribution < -0.4 is 0 Å². The molecule has 9 aromatic rings. The summed E-state index contributed by atoms with van der Waals surface area (Å²) >= 11 is 0. The molecule has 0 atom stereocenters. The molecule has 2 nitrogen and oxygen atoms in total. The Hall–Kier alpha value is -6.48. The number of hydrogen-bond donors (Lipinski definition) is 0. The van der Waals surface area contributed by atoms with Crippen LogP contribution in [0.1, 0.15) is 5.56 Å². The average Bonchev–Trinajstić information content (AvgIpc) is 3.44. The molecule has 9 aromatic carbocycles. The predicted octanol–water partition coefficient (Wildman–Crippen LogP) is 11.8. The summed E-state index contributed by atoms with van der Waals surface area (Å²) in [5, 5.41) is 34.0. The maximum Gasteiger partial charge on any atom is 0.130 e. The Bertz CT molecular complexity index is 2860. The number of nitriles is 2. The molecule has 208 valence electrons. The average molecular weight is 579 g/mol. The highest BCUT2D eigenvalue weighted by molar-refractivity contribution is 6.36. The Balaban J connectivity index is 1.34. The molecule has 0 bridgehead atoms. The molecule has 0 heterocycles. The van der Waals surface area contributed by atoms with Crippen LogP contribution in [0.25, 0.3) is 104 Å². The molecular weight excluding hydrogens is 556 g/mol. The monoisotopic (exact) mass is 578 g/mol. The Morgan fingerprint density at radius 1 is 0.413 bits per heavy atom. The Labute approximate surface area is 264 Å². The van der Waals surface area contributed by atoms with Crippen LogP contribution >= 0.6 is 0 Å². The summed E-state index contributed by atoms with van der Waals surface area (Å²) < 4.78 is 0. The van der Waals surface area contributed by atoms with Crippen molar-refractivity contribution in [3.8, 4) is 45.5 Å². The Morgan fingerprint density at radius 2 is 1.00 bits per heavy atom. The van der Waals surface area contributed by atoms with Crippen LogP contribution in [0, 0.1) is 22.7 Å². The van der Waals surface area contributed by atoms with Gasteiger partial charge in [0.05, 0.1) is 0 Å². The largest absolute Gasteiger partial charge is 0.192 e. The van der Waals surface area contributed by atoms with Crippen molar-refractivity contribution in [3.63, 3.8) is 0 Å². The molecule has 1 aliphatic carbocycles. The van der Waals surface area contributed by atoms with Crippen LogP contribution in [-0.2, 0) is 0 Å². The lowest BCUT2D eigenvalue weighted by Crippen LogP contribution is -1.92. The van der Waals surface area contributed by atoms with Crippen LogP contribution in [0.15, 0.2) is 133 Å². The van der Waals surface area contributed by atoms with Crippen molar-refractivity contribution < 1.29 is 0 Å². The maximum absolute atomic E-state index is 9.38. The number of rotatable bonds is 2. The van der Waals surface area contributed by atoms with Crippen LogP contribution in [0.3, 0.4) is 0 Å². The van der Waals surface area contributed by atoms with Crippen molar-refractivity contribution in [2.24, 2.45) is 0 Å². The first-order chi connectivity index (χ1) is 22.7. The second-order valence-corrected chi connectivity index (χ2v) is 12.2.